The molecule has 0 aromatic heterocycles. The van der Waals surface area contributed by atoms with Gasteiger partial charge in [0.25, 0.3) is 0 Å². The van der Waals surface area contributed by atoms with Crippen molar-refractivity contribution in [3.8, 4) is 0 Å². The Morgan fingerprint density at radius 3 is 2.00 bits per heavy atom. The van der Waals surface area contributed by atoms with Crippen molar-refractivity contribution in [3.63, 3.8) is 0 Å². The lowest BCUT2D eigenvalue weighted by Crippen LogP contribution is -2.19. The molecule has 0 atom stereocenters. The van der Waals surface area contributed by atoms with Crippen LogP contribution in [0.4, 0.5) is 13.2 Å². The van der Waals surface area contributed by atoms with Crippen LogP contribution in [0.25, 0.3) is 0 Å². The van der Waals surface area contributed by atoms with E-state index in [0.717, 1.165) is 0 Å². The Morgan fingerprint density at radius 1 is 1.10 bits per heavy atom. The monoisotopic (exact) mass is 150 g/mol. The van der Waals surface area contributed by atoms with Gasteiger partial charge in [-0.05, 0) is 0 Å². The van der Waals surface area contributed by atoms with Gasteiger partial charge >= 0.3 is 6.36 Å². The van der Waals surface area contributed by atoms with Gasteiger partial charge in [0.2, 0.25) is 0 Å². The molecule has 0 radical (unpaired) electrons. The second-order valence-corrected chi connectivity index (χ2v) is 1.80. The van der Waals surface area contributed by atoms with Crippen molar-refractivity contribution < 1.29 is 17.9 Å². The fourth-order valence-electron chi connectivity index (χ4n) is 0.644. The van der Waals surface area contributed by atoms with Gasteiger partial charge in [-0.1, -0.05) is 24.3 Å². The molecule has 10 heavy (non-hydrogen) atoms. The van der Waals surface area contributed by atoms with E-state index in [4.69, 9.17) is 0 Å². The lowest BCUT2D eigenvalue weighted by molar-refractivity contribution is -0.330. The summed E-state index contributed by atoms with van der Waals surface area (Å²) in [5.74, 6) is 0. The molecule has 0 aromatic rings. The molecule has 0 amide bonds. The Morgan fingerprint density at radius 2 is 1.60 bits per heavy atom. The van der Waals surface area contributed by atoms with E-state index in [2.05, 4.69) is 4.74 Å². The van der Waals surface area contributed by atoms with E-state index in [9.17, 15) is 13.2 Å². The zero-order valence-electron chi connectivity index (χ0n) is 4.93. The van der Waals surface area contributed by atoms with E-state index < -0.39 is 12.5 Å². The number of allylic oxidation sites excluding steroid dienone is 2. The summed E-state index contributed by atoms with van der Waals surface area (Å²) < 4.78 is 37.9. The average Bonchev–Trinajstić information content (AvgIpc) is 2.12. The molecule has 1 aliphatic carbocycles. The van der Waals surface area contributed by atoms with Gasteiger partial charge in [-0.25, -0.2) is 0 Å². The molecule has 4 heteroatoms. The summed E-state index contributed by atoms with van der Waals surface area (Å²) in [5.41, 5.74) is 0. The highest BCUT2D eigenvalue weighted by atomic mass is 19.4. The van der Waals surface area contributed by atoms with Gasteiger partial charge in [0.05, 0.1) is 0 Å². The molecule has 0 saturated heterocycles. The maximum absolute atomic E-state index is 11.4. The maximum Gasteiger partial charge on any atom is 0.523 e. The van der Waals surface area contributed by atoms with E-state index >= 15 is 0 Å². The lowest BCUT2D eigenvalue weighted by atomic mass is 10.4. The molecule has 0 saturated carbocycles. The van der Waals surface area contributed by atoms with Crippen molar-refractivity contribution in [1.82, 2.24) is 0 Å². The number of ether oxygens (including phenoxy) is 1. The number of halogens is 3. The fraction of sp³-hybridized carbons (Fsp3) is 0.333. The first kappa shape index (κ1) is 7.34. The quantitative estimate of drug-likeness (QED) is 0.555. The van der Waals surface area contributed by atoms with E-state index in [-0.39, 0.29) is 0 Å². The summed E-state index contributed by atoms with van der Waals surface area (Å²) in [4.78, 5) is 0. The van der Waals surface area contributed by atoms with Gasteiger partial charge in [-0.2, -0.15) is 0 Å². The van der Waals surface area contributed by atoms with Crippen LogP contribution in [0.2, 0.25) is 0 Å². The molecule has 0 aromatic carbocycles. The van der Waals surface area contributed by atoms with Gasteiger partial charge in [0.1, 0.15) is 6.10 Å². The Bertz CT molecular complexity index is 156. The summed E-state index contributed by atoms with van der Waals surface area (Å²) >= 11 is 0. The van der Waals surface area contributed by atoms with E-state index in [1.54, 1.807) is 0 Å². The van der Waals surface area contributed by atoms with Crippen LogP contribution < -0.4 is 0 Å². The summed E-state index contributed by atoms with van der Waals surface area (Å²) in [5, 5.41) is 0. The molecule has 56 valence electrons. The first-order valence-electron chi connectivity index (χ1n) is 2.67. The molecule has 0 N–H and O–H groups in total. The summed E-state index contributed by atoms with van der Waals surface area (Å²) in [7, 11) is 0. The minimum absolute atomic E-state index is 0.931. The highest BCUT2D eigenvalue weighted by Gasteiger charge is 2.32. The molecule has 0 unspecified atom stereocenters. The third-order valence-corrected chi connectivity index (χ3v) is 0.982. The van der Waals surface area contributed by atoms with Crippen molar-refractivity contribution >= 4 is 0 Å². The second-order valence-electron chi connectivity index (χ2n) is 1.80. The van der Waals surface area contributed by atoms with Crippen LogP contribution in [0, 0.1) is 0 Å². The van der Waals surface area contributed by atoms with Crippen molar-refractivity contribution in [2.24, 2.45) is 0 Å². The summed E-state index contributed by atoms with van der Waals surface area (Å²) in [6.45, 7) is 0. The SMILES string of the molecule is FC(F)(F)OC1C=CC=C1. The van der Waals surface area contributed by atoms with Gasteiger partial charge < -0.3 is 0 Å². The van der Waals surface area contributed by atoms with Crippen LogP contribution in [-0.4, -0.2) is 12.5 Å². The Balaban J connectivity index is 2.40. The van der Waals surface area contributed by atoms with Crippen LogP contribution in [-0.2, 0) is 4.74 Å². The van der Waals surface area contributed by atoms with E-state index in [0.29, 0.717) is 0 Å². The second kappa shape index (κ2) is 2.46. The van der Waals surface area contributed by atoms with Crippen molar-refractivity contribution in [2.75, 3.05) is 0 Å². The Kier molecular flexibility index (Phi) is 1.80. The molecule has 1 rings (SSSR count). The lowest BCUT2D eigenvalue weighted by Gasteiger charge is -2.09. The maximum atomic E-state index is 11.4. The van der Waals surface area contributed by atoms with Crippen LogP contribution in [0.15, 0.2) is 24.3 Å². The molecule has 0 spiro atoms. The number of alkyl halides is 3. The third-order valence-electron chi connectivity index (χ3n) is 0.982. The van der Waals surface area contributed by atoms with Crippen LogP contribution in [0.1, 0.15) is 0 Å². The predicted molar refractivity (Wildman–Crippen MR) is 29.2 cm³/mol. The zero-order chi connectivity index (χ0) is 7.61. The zero-order valence-corrected chi connectivity index (χ0v) is 4.93. The van der Waals surface area contributed by atoms with Crippen molar-refractivity contribution in [1.29, 1.82) is 0 Å². The van der Waals surface area contributed by atoms with Crippen LogP contribution >= 0.6 is 0 Å². The Hall–Kier alpha value is -0.770. The van der Waals surface area contributed by atoms with Gasteiger partial charge in [-0.15, -0.1) is 13.2 Å². The highest BCUT2D eigenvalue weighted by Crippen LogP contribution is 2.21. The molecular formula is C6H5F3O. The molecule has 0 heterocycles. The molecule has 0 fully saturated rings. The third kappa shape index (κ3) is 2.23. The minimum Gasteiger partial charge on any atom is -0.280 e. The Labute approximate surface area is 55.8 Å². The van der Waals surface area contributed by atoms with Crippen LogP contribution in [0.3, 0.4) is 0 Å². The smallest absolute Gasteiger partial charge is 0.280 e. The molecule has 1 nitrogen and oxygen atoms in total. The van der Waals surface area contributed by atoms with Gasteiger partial charge in [0, 0.05) is 0 Å². The van der Waals surface area contributed by atoms with Crippen molar-refractivity contribution in [3.05, 3.63) is 24.3 Å². The summed E-state index contributed by atoms with van der Waals surface area (Å²) in [6, 6.07) is 0. The fourth-order valence-corrected chi connectivity index (χ4v) is 0.644. The molecule has 0 aliphatic heterocycles. The topological polar surface area (TPSA) is 9.23 Å². The largest absolute Gasteiger partial charge is 0.523 e. The number of hydrogen-bond acceptors (Lipinski definition) is 1. The highest BCUT2D eigenvalue weighted by molar-refractivity contribution is 5.19. The van der Waals surface area contributed by atoms with Gasteiger partial charge in [0.15, 0.2) is 0 Å². The van der Waals surface area contributed by atoms with E-state index in [1.807, 2.05) is 0 Å². The minimum atomic E-state index is -4.54. The molecular weight excluding hydrogens is 145 g/mol. The van der Waals surface area contributed by atoms with Gasteiger partial charge in [-0.3, -0.25) is 4.74 Å². The van der Waals surface area contributed by atoms with E-state index in [1.165, 1.54) is 24.3 Å². The first-order valence-corrected chi connectivity index (χ1v) is 2.67. The summed E-state index contributed by atoms with van der Waals surface area (Å²) in [6.07, 6.45) is 0.206. The average molecular weight is 150 g/mol. The normalized spacial score (nSPS) is 18.7. The molecule has 1 aliphatic rings. The molecule has 0 bridgehead atoms. The van der Waals surface area contributed by atoms with Crippen LogP contribution in [0.5, 0.6) is 0 Å². The number of rotatable bonds is 1. The first-order chi connectivity index (χ1) is 4.58. The predicted octanol–water partition coefficient (Wildman–Crippen LogP) is 2.02. The standard InChI is InChI=1S/C6H5F3O/c7-6(8,9)10-5-3-1-2-4-5/h1-5H. The number of hydrogen-bond donors (Lipinski definition) is 0. The van der Waals surface area contributed by atoms with Crippen molar-refractivity contribution in [2.45, 2.75) is 12.5 Å².